The van der Waals surface area contributed by atoms with Gasteiger partial charge in [-0.1, -0.05) is 11.6 Å². The summed E-state index contributed by atoms with van der Waals surface area (Å²) in [6.45, 7) is 0. The van der Waals surface area contributed by atoms with Crippen LogP contribution in [0.3, 0.4) is 0 Å². The maximum atomic E-state index is 5.42. The molecule has 0 saturated heterocycles. The Labute approximate surface area is 60.8 Å². The van der Waals surface area contributed by atoms with Crippen LogP contribution in [0.4, 0.5) is 0 Å². The minimum atomic E-state index is 0.396. The lowest BCUT2D eigenvalue weighted by atomic mass is 10.5. The van der Waals surface area contributed by atoms with Gasteiger partial charge < -0.3 is 0 Å². The molecular formula is C5H2BrClN. The van der Waals surface area contributed by atoms with Crippen LogP contribution in [-0.2, 0) is 0 Å². The number of hydrogen-bond donors (Lipinski definition) is 0. The van der Waals surface area contributed by atoms with E-state index < -0.39 is 0 Å². The molecule has 0 aliphatic rings. The van der Waals surface area contributed by atoms with Gasteiger partial charge >= 0.3 is 0 Å². The molecule has 0 fully saturated rings. The fraction of sp³-hybridized carbons (Fsp3) is 0. The molecule has 1 aromatic rings. The van der Waals surface area contributed by atoms with Crippen molar-refractivity contribution in [2.45, 2.75) is 0 Å². The second-order valence-electron chi connectivity index (χ2n) is 1.22. The van der Waals surface area contributed by atoms with Crippen LogP contribution in [-0.4, -0.2) is 4.98 Å². The molecule has 41 valence electrons. The van der Waals surface area contributed by atoms with Gasteiger partial charge in [-0.05, 0) is 22.0 Å². The Morgan fingerprint density at radius 1 is 1.75 bits per heavy atom. The summed E-state index contributed by atoms with van der Waals surface area (Å²) in [7, 11) is 0. The summed E-state index contributed by atoms with van der Waals surface area (Å²) in [5.74, 6) is 0. The standard InChI is InChI=1S/C5H2BrClN/c6-4-1-2-5(7)8-3-4/h1,3H. The van der Waals surface area contributed by atoms with Crippen LogP contribution in [0.25, 0.3) is 0 Å². The first-order valence-electron chi connectivity index (χ1n) is 1.98. The van der Waals surface area contributed by atoms with Crippen molar-refractivity contribution in [2.75, 3.05) is 0 Å². The molecule has 3 heteroatoms. The first kappa shape index (κ1) is 6.05. The van der Waals surface area contributed by atoms with Crippen molar-refractivity contribution < 1.29 is 0 Å². The first-order valence-corrected chi connectivity index (χ1v) is 3.15. The number of hydrogen-bond acceptors (Lipinski definition) is 1. The summed E-state index contributed by atoms with van der Waals surface area (Å²) in [5, 5.41) is 0.396. The van der Waals surface area contributed by atoms with Crippen LogP contribution in [0.15, 0.2) is 16.7 Å². The average Bonchev–Trinajstić information content (AvgIpc) is 1.77. The van der Waals surface area contributed by atoms with Gasteiger partial charge in [0.1, 0.15) is 5.15 Å². The molecule has 0 unspecified atom stereocenters. The van der Waals surface area contributed by atoms with Gasteiger partial charge in [0.25, 0.3) is 0 Å². The third kappa shape index (κ3) is 1.46. The lowest BCUT2D eigenvalue weighted by Crippen LogP contribution is -1.70. The second kappa shape index (κ2) is 2.46. The monoisotopic (exact) mass is 190 g/mol. The summed E-state index contributed by atoms with van der Waals surface area (Å²) in [4.78, 5) is 3.74. The maximum Gasteiger partial charge on any atom is 0.137 e. The summed E-state index contributed by atoms with van der Waals surface area (Å²) >= 11 is 8.62. The highest BCUT2D eigenvalue weighted by atomic mass is 79.9. The molecule has 0 aliphatic carbocycles. The van der Waals surface area contributed by atoms with E-state index in [9.17, 15) is 0 Å². The molecule has 0 spiro atoms. The molecule has 1 nitrogen and oxygen atoms in total. The lowest BCUT2D eigenvalue weighted by Gasteiger charge is -1.85. The Morgan fingerprint density at radius 2 is 2.50 bits per heavy atom. The third-order valence-electron chi connectivity index (χ3n) is 0.630. The number of nitrogens with zero attached hydrogens (tertiary/aromatic N) is 1. The van der Waals surface area contributed by atoms with Crippen molar-refractivity contribution in [1.82, 2.24) is 4.98 Å². The number of rotatable bonds is 0. The van der Waals surface area contributed by atoms with Crippen molar-refractivity contribution >= 4 is 27.5 Å². The quantitative estimate of drug-likeness (QED) is 0.574. The maximum absolute atomic E-state index is 5.42. The predicted octanol–water partition coefficient (Wildman–Crippen LogP) is 2.30. The van der Waals surface area contributed by atoms with Crippen LogP contribution < -0.4 is 0 Å². The van der Waals surface area contributed by atoms with E-state index in [2.05, 4.69) is 27.0 Å². The highest BCUT2D eigenvalue weighted by molar-refractivity contribution is 9.10. The van der Waals surface area contributed by atoms with Crippen LogP contribution >= 0.6 is 27.5 Å². The van der Waals surface area contributed by atoms with Crippen molar-refractivity contribution in [3.63, 3.8) is 0 Å². The lowest BCUT2D eigenvalue weighted by molar-refractivity contribution is 1.30. The molecule has 1 rings (SSSR count). The zero-order valence-electron chi connectivity index (χ0n) is 3.86. The normalized spacial score (nSPS) is 9.25. The van der Waals surface area contributed by atoms with Crippen molar-refractivity contribution in [1.29, 1.82) is 0 Å². The molecule has 0 N–H and O–H groups in total. The topological polar surface area (TPSA) is 12.9 Å². The van der Waals surface area contributed by atoms with Gasteiger partial charge in [0.2, 0.25) is 0 Å². The molecule has 1 aromatic heterocycles. The van der Waals surface area contributed by atoms with Gasteiger partial charge in [-0.15, -0.1) is 0 Å². The van der Waals surface area contributed by atoms with E-state index in [-0.39, 0.29) is 0 Å². The largest absolute Gasteiger partial charge is 0.243 e. The molecule has 8 heavy (non-hydrogen) atoms. The van der Waals surface area contributed by atoms with Crippen LogP contribution in [0.2, 0.25) is 5.15 Å². The first-order chi connectivity index (χ1) is 3.79. The Bertz CT molecular complexity index is 151. The fourth-order valence-electron chi connectivity index (χ4n) is 0.321. The summed E-state index contributed by atoms with van der Waals surface area (Å²) in [6, 6.07) is 4.42. The van der Waals surface area contributed by atoms with E-state index in [0.29, 0.717) is 5.15 Å². The SMILES string of the molecule is Clc1[c]cc(Br)cn1. The van der Waals surface area contributed by atoms with Crippen LogP contribution in [0, 0.1) is 6.07 Å². The number of halogens is 2. The third-order valence-corrected chi connectivity index (χ3v) is 1.27. The minimum Gasteiger partial charge on any atom is -0.243 e. The van der Waals surface area contributed by atoms with Gasteiger partial charge in [0.15, 0.2) is 0 Å². The second-order valence-corrected chi connectivity index (χ2v) is 2.50. The van der Waals surface area contributed by atoms with Gasteiger partial charge in [-0.3, -0.25) is 0 Å². The molecule has 0 aliphatic heterocycles. The van der Waals surface area contributed by atoms with E-state index in [1.807, 2.05) is 0 Å². The molecule has 0 saturated carbocycles. The molecule has 0 atom stereocenters. The molecule has 1 radical (unpaired) electrons. The van der Waals surface area contributed by atoms with Crippen molar-refractivity contribution in [2.24, 2.45) is 0 Å². The van der Waals surface area contributed by atoms with E-state index in [1.54, 1.807) is 12.3 Å². The van der Waals surface area contributed by atoms with Crippen LogP contribution in [0.5, 0.6) is 0 Å². The molecular weight excluding hydrogens is 189 g/mol. The minimum absolute atomic E-state index is 0.396. The number of pyridine rings is 1. The average molecular weight is 191 g/mol. The molecule has 0 aromatic carbocycles. The highest BCUT2D eigenvalue weighted by Gasteiger charge is 1.85. The summed E-state index contributed by atoms with van der Waals surface area (Å²) in [6.07, 6.45) is 1.62. The van der Waals surface area contributed by atoms with E-state index >= 15 is 0 Å². The van der Waals surface area contributed by atoms with Crippen molar-refractivity contribution in [3.05, 3.63) is 28.0 Å². The van der Waals surface area contributed by atoms with Gasteiger partial charge in [0, 0.05) is 16.7 Å². The van der Waals surface area contributed by atoms with Gasteiger partial charge in [0.05, 0.1) is 0 Å². The highest BCUT2D eigenvalue weighted by Crippen LogP contribution is 2.08. The molecule has 1 heterocycles. The van der Waals surface area contributed by atoms with Gasteiger partial charge in [-0.25, -0.2) is 4.98 Å². The molecule has 0 amide bonds. The van der Waals surface area contributed by atoms with E-state index in [4.69, 9.17) is 11.6 Å². The van der Waals surface area contributed by atoms with E-state index in [0.717, 1.165) is 4.47 Å². The zero-order chi connectivity index (χ0) is 5.98. The Balaban J connectivity index is 3.03. The Kier molecular flexibility index (Phi) is 1.86. The predicted molar refractivity (Wildman–Crippen MR) is 35.8 cm³/mol. The fourth-order valence-corrected chi connectivity index (χ4v) is 0.642. The van der Waals surface area contributed by atoms with E-state index in [1.165, 1.54) is 0 Å². The smallest absolute Gasteiger partial charge is 0.137 e. The summed E-state index contributed by atoms with van der Waals surface area (Å²) in [5.41, 5.74) is 0. The Morgan fingerprint density at radius 3 is 2.88 bits per heavy atom. The van der Waals surface area contributed by atoms with Gasteiger partial charge in [-0.2, -0.15) is 0 Å². The Hall–Kier alpha value is -0.0800. The zero-order valence-corrected chi connectivity index (χ0v) is 6.20. The summed E-state index contributed by atoms with van der Waals surface area (Å²) < 4.78 is 0.891. The molecule has 0 bridgehead atoms. The number of aromatic nitrogens is 1. The van der Waals surface area contributed by atoms with Crippen molar-refractivity contribution in [3.8, 4) is 0 Å². The van der Waals surface area contributed by atoms with Crippen LogP contribution in [0.1, 0.15) is 0 Å².